The molecule has 7 heteroatoms. The van der Waals surface area contributed by atoms with Gasteiger partial charge in [-0.15, -0.1) is 36.2 Å². The first-order valence-corrected chi connectivity index (χ1v) is 4.83. The Morgan fingerprint density at radius 1 is 1.57 bits per heavy atom. The van der Waals surface area contributed by atoms with Gasteiger partial charge >= 0.3 is 0 Å². The van der Waals surface area contributed by atoms with Crippen LogP contribution < -0.4 is 5.32 Å². The summed E-state index contributed by atoms with van der Waals surface area (Å²) in [4.78, 5) is 5.15. The van der Waals surface area contributed by atoms with Crippen LogP contribution in [0.1, 0.15) is 5.69 Å². The van der Waals surface area contributed by atoms with E-state index in [9.17, 15) is 0 Å². The summed E-state index contributed by atoms with van der Waals surface area (Å²) in [6.07, 6.45) is 1.98. The van der Waals surface area contributed by atoms with Crippen LogP contribution in [0.15, 0.2) is 11.6 Å². The van der Waals surface area contributed by atoms with Crippen LogP contribution in [-0.4, -0.2) is 16.4 Å². The van der Waals surface area contributed by atoms with Gasteiger partial charge in [0.15, 0.2) is 10.1 Å². The zero-order valence-electron chi connectivity index (χ0n) is 7.36. The second-order valence-electron chi connectivity index (χ2n) is 2.44. The van der Waals surface area contributed by atoms with Crippen LogP contribution in [0.3, 0.4) is 0 Å². The van der Waals surface area contributed by atoms with Crippen molar-refractivity contribution in [2.45, 2.75) is 6.54 Å². The van der Waals surface area contributed by atoms with E-state index in [0.29, 0.717) is 5.15 Å². The number of rotatable bonds is 2. The third-order valence-corrected chi connectivity index (χ3v) is 2.72. The van der Waals surface area contributed by atoms with Crippen molar-refractivity contribution in [2.24, 2.45) is 0 Å². The molecule has 2 rings (SSSR count). The second-order valence-corrected chi connectivity index (χ2v) is 3.67. The highest BCUT2D eigenvalue weighted by Crippen LogP contribution is 2.20. The van der Waals surface area contributed by atoms with Gasteiger partial charge in [0.1, 0.15) is 0 Å². The second kappa shape index (κ2) is 5.78. The number of hydrogen-bond donors (Lipinski definition) is 1. The predicted molar refractivity (Wildman–Crippen MR) is 65.3 cm³/mol. The van der Waals surface area contributed by atoms with E-state index < -0.39 is 0 Å². The highest BCUT2D eigenvalue weighted by Gasteiger charge is 2.09. The summed E-state index contributed by atoms with van der Waals surface area (Å²) >= 11 is 7.51. The van der Waals surface area contributed by atoms with Crippen molar-refractivity contribution >= 4 is 52.7 Å². The Morgan fingerprint density at radius 3 is 2.93 bits per heavy atom. The van der Waals surface area contributed by atoms with Gasteiger partial charge in [0.2, 0.25) is 0 Å². The molecule has 0 fully saturated rings. The van der Waals surface area contributed by atoms with Crippen molar-refractivity contribution in [2.75, 3.05) is 7.05 Å². The molecular formula is C7H10Cl3N3S. The van der Waals surface area contributed by atoms with Gasteiger partial charge in [0.25, 0.3) is 0 Å². The Labute approximate surface area is 103 Å². The molecule has 0 spiro atoms. The van der Waals surface area contributed by atoms with Crippen LogP contribution in [0.25, 0.3) is 4.96 Å². The molecule has 1 N–H and O–H groups in total. The van der Waals surface area contributed by atoms with Crippen LogP contribution in [0.4, 0.5) is 0 Å². The molecule has 0 saturated carbocycles. The Balaban J connectivity index is 0.000000845. The Morgan fingerprint density at radius 2 is 2.29 bits per heavy atom. The van der Waals surface area contributed by atoms with Gasteiger partial charge in [-0.05, 0) is 7.05 Å². The van der Waals surface area contributed by atoms with Crippen molar-refractivity contribution in [1.29, 1.82) is 0 Å². The summed E-state index contributed by atoms with van der Waals surface area (Å²) in [7, 11) is 1.89. The van der Waals surface area contributed by atoms with E-state index in [0.717, 1.165) is 17.2 Å². The molecule has 2 heterocycles. The van der Waals surface area contributed by atoms with E-state index in [-0.39, 0.29) is 24.8 Å². The molecule has 2 aromatic heterocycles. The Bertz CT molecular complexity index is 398. The number of imidazole rings is 1. The van der Waals surface area contributed by atoms with Crippen molar-refractivity contribution in [3.63, 3.8) is 0 Å². The average Bonchev–Trinajstić information content (AvgIpc) is 2.56. The molecule has 0 aromatic carbocycles. The van der Waals surface area contributed by atoms with E-state index in [4.69, 9.17) is 11.6 Å². The topological polar surface area (TPSA) is 29.3 Å². The molecule has 0 saturated heterocycles. The summed E-state index contributed by atoms with van der Waals surface area (Å²) < 4.78 is 2.00. The fourth-order valence-electron chi connectivity index (χ4n) is 1.13. The number of fused-ring (bicyclic) bond motifs is 1. The van der Waals surface area contributed by atoms with E-state index in [2.05, 4.69) is 10.3 Å². The van der Waals surface area contributed by atoms with Crippen LogP contribution >= 0.6 is 47.8 Å². The van der Waals surface area contributed by atoms with Crippen molar-refractivity contribution < 1.29 is 0 Å². The molecule has 14 heavy (non-hydrogen) atoms. The minimum absolute atomic E-state index is 0. The highest BCUT2D eigenvalue weighted by atomic mass is 35.5. The molecule has 0 aliphatic heterocycles. The molecule has 80 valence electrons. The van der Waals surface area contributed by atoms with Crippen LogP contribution in [0.2, 0.25) is 5.15 Å². The third-order valence-electron chi connectivity index (χ3n) is 1.66. The molecule has 2 aromatic rings. The van der Waals surface area contributed by atoms with Gasteiger partial charge in [-0.3, -0.25) is 4.40 Å². The lowest BCUT2D eigenvalue weighted by atomic mass is 10.5. The maximum atomic E-state index is 5.92. The first-order valence-electron chi connectivity index (χ1n) is 3.57. The SMILES string of the molecule is CNCc1c(Cl)nc2sccn12.Cl.Cl. The number of nitrogens with zero attached hydrogens (tertiary/aromatic N) is 2. The van der Waals surface area contributed by atoms with E-state index >= 15 is 0 Å². The predicted octanol–water partition coefficient (Wildman–Crippen LogP) is 2.61. The molecule has 0 amide bonds. The maximum Gasteiger partial charge on any atom is 0.195 e. The largest absolute Gasteiger partial charge is 0.314 e. The highest BCUT2D eigenvalue weighted by molar-refractivity contribution is 7.15. The lowest BCUT2D eigenvalue weighted by Gasteiger charge is -1.96. The van der Waals surface area contributed by atoms with Crippen molar-refractivity contribution in [3.8, 4) is 0 Å². The first-order chi connectivity index (χ1) is 5.83. The lowest BCUT2D eigenvalue weighted by Crippen LogP contribution is -2.07. The number of aromatic nitrogens is 2. The zero-order chi connectivity index (χ0) is 8.55. The summed E-state index contributed by atoms with van der Waals surface area (Å²) in [5.74, 6) is 0. The van der Waals surface area contributed by atoms with Crippen molar-refractivity contribution in [1.82, 2.24) is 14.7 Å². The number of hydrogen-bond acceptors (Lipinski definition) is 3. The van der Waals surface area contributed by atoms with Gasteiger partial charge < -0.3 is 5.32 Å². The quantitative estimate of drug-likeness (QED) is 0.912. The smallest absolute Gasteiger partial charge is 0.195 e. The first kappa shape index (κ1) is 14.0. The molecule has 0 aliphatic rings. The fraction of sp³-hybridized carbons (Fsp3) is 0.286. The monoisotopic (exact) mass is 273 g/mol. The van der Waals surface area contributed by atoms with E-state index in [1.165, 1.54) is 0 Å². The van der Waals surface area contributed by atoms with Gasteiger partial charge in [-0.2, -0.15) is 0 Å². The van der Waals surface area contributed by atoms with E-state index in [1.807, 2.05) is 23.0 Å². The summed E-state index contributed by atoms with van der Waals surface area (Å²) in [5.41, 5.74) is 1.02. The van der Waals surface area contributed by atoms with Crippen LogP contribution in [0.5, 0.6) is 0 Å². The number of nitrogens with one attached hydrogen (secondary N) is 1. The normalized spacial score (nSPS) is 9.57. The lowest BCUT2D eigenvalue weighted by molar-refractivity contribution is 0.784. The Kier molecular flexibility index (Phi) is 5.78. The van der Waals surface area contributed by atoms with Crippen LogP contribution in [0, 0.1) is 0 Å². The molecular weight excluding hydrogens is 265 g/mol. The van der Waals surface area contributed by atoms with E-state index in [1.54, 1.807) is 11.3 Å². The standard InChI is InChI=1S/C7H8ClN3S.2ClH/c1-9-4-5-6(8)10-7-11(5)2-3-12-7;;/h2-3,9H,4H2,1H3;2*1H. The summed E-state index contributed by atoms with van der Waals surface area (Å²) in [5, 5.41) is 5.64. The Hall–Kier alpha value is -0.000000000000000111. The average molecular weight is 275 g/mol. The molecule has 0 bridgehead atoms. The third kappa shape index (κ3) is 2.32. The van der Waals surface area contributed by atoms with Gasteiger partial charge in [-0.25, -0.2) is 4.98 Å². The minimum atomic E-state index is 0. The molecule has 3 nitrogen and oxygen atoms in total. The van der Waals surface area contributed by atoms with Gasteiger partial charge in [-0.1, -0.05) is 11.6 Å². The fourth-order valence-corrected chi connectivity index (χ4v) is 2.15. The zero-order valence-corrected chi connectivity index (χ0v) is 10.6. The van der Waals surface area contributed by atoms with Gasteiger partial charge in [0, 0.05) is 18.1 Å². The van der Waals surface area contributed by atoms with Gasteiger partial charge in [0.05, 0.1) is 5.69 Å². The molecule has 0 aliphatic carbocycles. The molecule has 0 unspecified atom stereocenters. The molecule has 0 atom stereocenters. The minimum Gasteiger partial charge on any atom is -0.314 e. The van der Waals surface area contributed by atoms with Crippen LogP contribution in [-0.2, 0) is 6.54 Å². The van der Waals surface area contributed by atoms with Crippen molar-refractivity contribution in [3.05, 3.63) is 22.4 Å². The summed E-state index contributed by atoms with van der Waals surface area (Å²) in [6, 6.07) is 0. The number of halogens is 3. The molecule has 0 radical (unpaired) electrons. The summed E-state index contributed by atoms with van der Waals surface area (Å²) in [6.45, 7) is 0.747. The number of thiazole rings is 1. The maximum absolute atomic E-state index is 5.92.